The van der Waals surface area contributed by atoms with Crippen LogP contribution in [0.1, 0.15) is 216 Å². The Kier molecular flexibility index (Phi) is 13.0. The van der Waals surface area contributed by atoms with Crippen molar-refractivity contribution in [1.82, 2.24) is 0 Å². The van der Waals surface area contributed by atoms with Gasteiger partial charge in [-0.3, -0.25) is 0 Å². The van der Waals surface area contributed by atoms with E-state index in [2.05, 4.69) is 167 Å². The molecule has 0 amide bonds. The summed E-state index contributed by atoms with van der Waals surface area (Å²) in [6.07, 6.45) is 5.97. The molecular weight excluding hydrogens is 728 g/mol. The third kappa shape index (κ3) is 8.47. The molecule has 0 aliphatic carbocycles. The zero-order valence-electron chi connectivity index (χ0n) is 40.9. The van der Waals surface area contributed by atoms with E-state index in [4.69, 9.17) is 0 Å². The number of rotatable bonds is 16. The van der Waals surface area contributed by atoms with Gasteiger partial charge in [0.25, 0.3) is 0 Å². The van der Waals surface area contributed by atoms with E-state index in [1.807, 2.05) is 19.9 Å². The quantitative estimate of drug-likeness (QED) is 0.0988. The minimum atomic E-state index is -5.71. The molecule has 0 spiro atoms. The van der Waals surface area contributed by atoms with Crippen LogP contribution < -0.4 is 5.30 Å². The van der Waals surface area contributed by atoms with Crippen LogP contribution in [-0.2, 0) is 38.9 Å². The van der Waals surface area contributed by atoms with E-state index in [-0.39, 0.29) is 27.1 Å². The van der Waals surface area contributed by atoms with Crippen molar-refractivity contribution in [2.45, 2.75) is 221 Å². The van der Waals surface area contributed by atoms with Crippen LogP contribution in [0.4, 0.5) is 0 Å². The average Bonchev–Trinajstić information content (AvgIpc) is 3.15. The van der Waals surface area contributed by atoms with Gasteiger partial charge in [-0.05, 0) is 0 Å². The molecule has 4 aromatic carbocycles. The van der Waals surface area contributed by atoms with Crippen LogP contribution in [0.15, 0.2) is 48.5 Å². The summed E-state index contributed by atoms with van der Waals surface area (Å²) in [5, 5.41) is 3.53. The maximum absolute atomic E-state index is 13.2. The minimum absolute atomic E-state index is 0.0260. The van der Waals surface area contributed by atoms with E-state index in [0.717, 1.165) is 60.4 Å². The second kappa shape index (κ2) is 15.6. The van der Waals surface area contributed by atoms with Gasteiger partial charge in [0.05, 0.1) is 0 Å². The molecule has 0 radical (unpaired) electrons. The zero-order valence-corrected chi connectivity index (χ0v) is 41.8. The third-order valence-corrected chi connectivity index (χ3v) is 19.9. The average molecular weight is 813 g/mol. The number of hydrogen-bond donors (Lipinski definition) is 3. The fraction of sp³-hybridized carbons (Fsp3) is 0.630. The number of benzene rings is 4. The van der Waals surface area contributed by atoms with Crippen molar-refractivity contribution in [3.63, 3.8) is 0 Å². The van der Waals surface area contributed by atoms with Crippen molar-refractivity contribution in [3.8, 4) is 0 Å². The van der Waals surface area contributed by atoms with Crippen LogP contribution in [0, 0.1) is 0 Å². The first-order valence-corrected chi connectivity index (χ1v) is 24.8. The second-order valence-corrected chi connectivity index (χ2v) is 26.4. The van der Waals surface area contributed by atoms with Crippen molar-refractivity contribution in [2.75, 3.05) is 0 Å². The zero-order chi connectivity index (χ0) is 44.5. The summed E-state index contributed by atoms with van der Waals surface area (Å²) in [5.74, 6) is 0. The van der Waals surface area contributed by atoms with Gasteiger partial charge in [0.15, 0.2) is 0 Å². The number of hydrogen-bond acceptors (Lipinski definition) is 3. The molecule has 0 aliphatic rings. The first kappa shape index (κ1) is 48.4. The Balaban J connectivity index is 2.15. The van der Waals surface area contributed by atoms with Gasteiger partial charge < -0.3 is 0 Å². The molecule has 0 aliphatic heterocycles. The standard InChI is InChI=1S/C54H85O3P/c1-21-48(7,8)39-27-36-30-43(50(11,12)23-3)38(29-41(36)44(32-39)51(13,14)24-4)35-54(19,20)58(55,56,57)47-34-42-37(31-46(47)53(17,18)26-6)28-40(49(9,10)22-2)33-45(42)52(15,16)25-5/h27-34,55-57H,21-26,35H2,1-20H3. The molecule has 3 nitrogen and oxygen atoms in total. The fourth-order valence-corrected chi connectivity index (χ4v) is 10.8. The molecule has 4 heteroatoms. The van der Waals surface area contributed by atoms with Crippen molar-refractivity contribution < 1.29 is 14.7 Å². The Hall–Kier alpha value is -2.29. The molecule has 0 unspecified atom stereocenters. The molecule has 4 rings (SSSR count). The van der Waals surface area contributed by atoms with Crippen molar-refractivity contribution in [1.29, 1.82) is 0 Å². The third-order valence-electron chi connectivity index (χ3n) is 16.2. The summed E-state index contributed by atoms with van der Waals surface area (Å²) in [6, 6.07) is 18.4. The van der Waals surface area contributed by atoms with E-state index in [9.17, 15) is 14.7 Å². The van der Waals surface area contributed by atoms with Gasteiger partial charge >= 0.3 is 357 Å². The van der Waals surface area contributed by atoms with E-state index < -0.39 is 17.9 Å². The summed E-state index contributed by atoms with van der Waals surface area (Å²) in [4.78, 5) is 39.6. The van der Waals surface area contributed by atoms with Crippen molar-refractivity contribution in [2.24, 2.45) is 0 Å². The Bertz CT molecular complexity index is 2150. The van der Waals surface area contributed by atoms with Crippen LogP contribution in [-0.4, -0.2) is 19.8 Å². The molecule has 0 fully saturated rings. The van der Waals surface area contributed by atoms with Crippen molar-refractivity contribution in [3.05, 3.63) is 87.5 Å². The van der Waals surface area contributed by atoms with Gasteiger partial charge in [0, 0.05) is 0 Å². The first-order valence-electron chi connectivity index (χ1n) is 22.7. The molecule has 0 saturated heterocycles. The van der Waals surface area contributed by atoms with E-state index in [1.165, 1.54) is 38.6 Å². The fourth-order valence-electron chi connectivity index (χ4n) is 8.52. The summed E-state index contributed by atoms with van der Waals surface area (Å²) < 4.78 is 0. The Labute approximate surface area is 356 Å². The first-order chi connectivity index (χ1) is 26.2. The molecule has 324 valence electrons. The van der Waals surface area contributed by atoms with Crippen LogP contribution in [0.3, 0.4) is 0 Å². The molecule has 0 aromatic heterocycles. The summed E-state index contributed by atoms with van der Waals surface area (Å²) in [5.41, 5.74) is 7.40. The molecule has 3 N–H and O–H groups in total. The van der Waals surface area contributed by atoms with E-state index >= 15 is 0 Å². The van der Waals surface area contributed by atoms with Gasteiger partial charge in [0.1, 0.15) is 0 Å². The SMILES string of the molecule is CCC(C)(C)c1cc(C(C)(C)CC)c2cc(CC(C)(C)P(O)(O)(O)c3cc4c(C(C)(C)CC)cc(C(C)(C)CC)cc4cc3C(C)(C)CC)c(C(C)(C)CC)cc2c1. The van der Waals surface area contributed by atoms with E-state index in [0.29, 0.717) is 11.7 Å². The topological polar surface area (TPSA) is 60.7 Å². The van der Waals surface area contributed by atoms with Crippen LogP contribution in [0.25, 0.3) is 21.5 Å². The van der Waals surface area contributed by atoms with Gasteiger partial charge in [-0.25, -0.2) is 0 Å². The molecule has 4 aromatic rings. The van der Waals surface area contributed by atoms with Gasteiger partial charge in [-0.1, -0.05) is 0 Å². The summed E-state index contributed by atoms with van der Waals surface area (Å²) in [7, 11) is -5.71. The molecule has 58 heavy (non-hydrogen) atoms. The monoisotopic (exact) mass is 813 g/mol. The van der Waals surface area contributed by atoms with Crippen LogP contribution in [0.5, 0.6) is 0 Å². The Morgan fingerprint density at radius 2 is 0.707 bits per heavy atom. The molecule has 0 bridgehead atoms. The van der Waals surface area contributed by atoms with Gasteiger partial charge in [-0.2, -0.15) is 0 Å². The maximum atomic E-state index is 13.2. The molecule has 0 saturated carbocycles. The number of fused-ring (bicyclic) bond motifs is 2. The normalized spacial score (nSPS) is 15.0. The predicted molar refractivity (Wildman–Crippen MR) is 259 cm³/mol. The van der Waals surface area contributed by atoms with Crippen molar-refractivity contribution >= 4 is 34.1 Å². The molecule has 0 atom stereocenters. The second-order valence-electron chi connectivity index (χ2n) is 22.8. The summed E-state index contributed by atoms with van der Waals surface area (Å²) in [6.45, 7) is 44.7. The van der Waals surface area contributed by atoms with Gasteiger partial charge in [0.2, 0.25) is 0 Å². The molecule has 0 heterocycles. The van der Waals surface area contributed by atoms with E-state index in [1.54, 1.807) is 0 Å². The Morgan fingerprint density at radius 1 is 0.379 bits per heavy atom. The summed E-state index contributed by atoms with van der Waals surface area (Å²) >= 11 is 0. The predicted octanol–water partition coefficient (Wildman–Crippen LogP) is 15.0. The molecular formula is C54H85O3P. The van der Waals surface area contributed by atoms with Crippen LogP contribution >= 0.6 is 7.28 Å². The van der Waals surface area contributed by atoms with Crippen LogP contribution in [0.2, 0.25) is 0 Å². The van der Waals surface area contributed by atoms with Gasteiger partial charge in [-0.15, -0.1) is 0 Å². The Morgan fingerprint density at radius 3 is 1.09 bits per heavy atom.